The molecular weight excluding hydrogens is 368 g/mol. The molecule has 0 bridgehead atoms. The maximum Gasteiger partial charge on any atom is 0.335 e. The number of rotatable bonds is 4. The van der Waals surface area contributed by atoms with E-state index < -0.39 is 5.97 Å². The maximum atomic E-state index is 12.8. The van der Waals surface area contributed by atoms with Gasteiger partial charge in [0.25, 0.3) is 5.91 Å². The SMILES string of the molecule is CC1=NN(c2ccc(C)cc2)C(=O)/C1=C\c1ccc(-c2ccc(C(=O)O)cc2)o1. The molecule has 0 radical (unpaired) electrons. The Balaban J connectivity index is 1.58. The van der Waals surface area contributed by atoms with Gasteiger partial charge in [-0.1, -0.05) is 29.8 Å². The second-order valence-electron chi connectivity index (χ2n) is 6.78. The predicted molar refractivity (Wildman–Crippen MR) is 111 cm³/mol. The van der Waals surface area contributed by atoms with Crippen LogP contribution in [0.15, 0.2) is 75.8 Å². The summed E-state index contributed by atoms with van der Waals surface area (Å²) in [4.78, 5) is 23.8. The maximum absolute atomic E-state index is 12.8. The minimum Gasteiger partial charge on any atom is -0.478 e. The fourth-order valence-electron chi connectivity index (χ4n) is 3.05. The number of aromatic carboxylic acids is 1. The quantitative estimate of drug-likeness (QED) is 0.656. The lowest BCUT2D eigenvalue weighted by Crippen LogP contribution is -2.21. The van der Waals surface area contributed by atoms with E-state index in [2.05, 4.69) is 5.10 Å². The van der Waals surface area contributed by atoms with E-state index in [0.717, 1.165) is 11.1 Å². The van der Waals surface area contributed by atoms with Crippen molar-refractivity contribution in [2.24, 2.45) is 5.10 Å². The van der Waals surface area contributed by atoms with Crippen LogP contribution in [0.25, 0.3) is 17.4 Å². The number of nitrogens with zero attached hydrogens (tertiary/aromatic N) is 2. The summed E-state index contributed by atoms with van der Waals surface area (Å²) in [6.45, 7) is 3.77. The average Bonchev–Trinajstić information content (AvgIpc) is 3.29. The van der Waals surface area contributed by atoms with Gasteiger partial charge in [-0.3, -0.25) is 4.79 Å². The number of hydrogen-bond acceptors (Lipinski definition) is 4. The van der Waals surface area contributed by atoms with Gasteiger partial charge in [0.2, 0.25) is 0 Å². The molecule has 0 unspecified atom stereocenters. The van der Waals surface area contributed by atoms with Crippen molar-refractivity contribution in [2.45, 2.75) is 13.8 Å². The Labute approximate surface area is 167 Å². The van der Waals surface area contributed by atoms with E-state index in [9.17, 15) is 9.59 Å². The molecule has 0 spiro atoms. The molecule has 0 atom stereocenters. The van der Waals surface area contributed by atoms with Crippen LogP contribution in [-0.2, 0) is 4.79 Å². The number of hydrogen-bond donors (Lipinski definition) is 1. The molecule has 2 aromatic carbocycles. The first-order valence-electron chi connectivity index (χ1n) is 9.04. The first-order chi connectivity index (χ1) is 13.9. The lowest BCUT2D eigenvalue weighted by atomic mass is 10.1. The molecule has 1 aliphatic heterocycles. The summed E-state index contributed by atoms with van der Waals surface area (Å²) in [6.07, 6.45) is 1.67. The van der Waals surface area contributed by atoms with Crippen LogP contribution in [0.3, 0.4) is 0 Å². The molecule has 0 saturated carbocycles. The summed E-state index contributed by atoms with van der Waals surface area (Å²) in [5.41, 5.74) is 3.86. The van der Waals surface area contributed by atoms with Gasteiger partial charge in [0.05, 0.1) is 22.5 Å². The van der Waals surface area contributed by atoms with Crippen molar-refractivity contribution in [3.8, 4) is 11.3 Å². The largest absolute Gasteiger partial charge is 0.478 e. The molecular formula is C23H18N2O4. The van der Waals surface area contributed by atoms with Crippen molar-refractivity contribution >= 4 is 29.4 Å². The second kappa shape index (κ2) is 7.24. The normalized spacial score (nSPS) is 15.1. The van der Waals surface area contributed by atoms with Gasteiger partial charge >= 0.3 is 5.97 Å². The first-order valence-corrected chi connectivity index (χ1v) is 9.04. The molecule has 1 aliphatic rings. The van der Waals surface area contributed by atoms with Gasteiger partial charge in [0, 0.05) is 5.56 Å². The number of furan rings is 1. The Morgan fingerprint density at radius 1 is 1.00 bits per heavy atom. The lowest BCUT2D eigenvalue weighted by Gasteiger charge is -2.11. The zero-order valence-electron chi connectivity index (χ0n) is 15.9. The van der Waals surface area contributed by atoms with Gasteiger partial charge in [-0.25, -0.2) is 4.79 Å². The third-order valence-corrected chi connectivity index (χ3v) is 4.67. The number of carbonyl (C=O) groups is 2. The summed E-state index contributed by atoms with van der Waals surface area (Å²) in [5, 5.41) is 14.8. The zero-order chi connectivity index (χ0) is 20.5. The standard InChI is InChI=1S/C23H18N2O4/c1-14-3-9-18(10-4-14)25-22(26)20(15(2)24-25)13-19-11-12-21(29-19)16-5-7-17(8-6-16)23(27)28/h3-13H,1-2H3,(H,27,28)/b20-13-. The lowest BCUT2D eigenvalue weighted by molar-refractivity contribution is -0.114. The second-order valence-corrected chi connectivity index (χ2v) is 6.78. The van der Waals surface area contributed by atoms with Crippen molar-refractivity contribution in [1.29, 1.82) is 0 Å². The summed E-state index contributed by atoms with van der Waals surface area (Å²) >= 11 is 0. The van der Waals surface area contributed by atoms with Crippen molar-refractivity contribution in [2.75, 3.05) is 5.01 Å². The highest BCUT2D eigenvalue weighted by Gasteiger charge is 2.29. The van der Waals surface area contributed by atoms with Crippen LogP contribution in [0.2, 0.25) is 0 Å². The first kappa shape index (κ1) is 18.4. The number of carboxylic acid groups (broad SMARTS) is 1. The van der Waals surface area contributed by atoms with Gasteiger partial charge in [-0.2, -0.15) is 10.1 Å². The van der Waals surface area contributed by atoms with Crippen LogP contribution in [0.1, 0.15) is 28.6 Å². The summed E-state index contributed by atoms with van der Waals surface area (Å²) in [6, 6.07) is 17.6. The molecule has 1 aromatic heterocycles. The number of benzene rings is 2. The van der Waals surface area contributed by atoms with E-state index in [0.29, 0.717) is 28.5 Å². The third kappa shape index (κ3) is 3.60. The topological polar surface area (TPSA) is 83.1 Å². The molecule has 6 heteroatoms. The number of hydrazone groups is 1. The zero-order valence-corrected chi connectivity index (χ0v) is 15.9. The van der Waals surface area contributed by atoms with Crippen LogP contribution in [0, 0.1) is 6.92 Å². The molecule has 1 N–H and O–H groups in total. The van der Waals surface area contributed by atoms with Gasteiger partial charge in [-0.15, -0.1) is 0 Å². The Hall–Kier alpha value is -3.93. The van der Waals surface area contributed by atoms with E-state index in [-0.39, 0.29) is 11.5 Å². The third-order valence-electron chi connectivity index (χ3n) is 4.67. The van der Waals surface area contributed by atoms with Gasteiger partial charge in [-0.05, 0) is 56.3 Å². The van der Waals surface area contributed by atoms with E-state index in [1.807, 2.05) is 31.2 Å². The fraction of sp³-hybridized carbons (Fsp3) is 0.0870. The highest BCUT2D eigenvalue weighted by Crippen LogP contribution is 2.28. The molecule has 29 heavy (non-hydrogen) atoms. The number of carbonyl (C=O) groups excluding carboxylic acids is 1. The van der Waals surface area contributed by atoms with Crippen molar-refractivity contribution in [1.82, 2.24) is 0 Å². The summed E-state index contributed by atoms with van der Waals surface area (Å²) < 4.78 is 5.84. The van der Waals surface area contributed by atoms with Crippen LogP contribution in [-0.4, -0.2) is 22.7 Å². The summed E-state index contributed by atoms with van der Waals surface area (Å²) in [5.74, 6) is -0.0839. The molecule has 0 saturated heterocycles. The minimum atomic E-state index is -0.978. The van der Waals surface area contributed by atoms with Crippen LogP contribution < -0.4 is 5.01 Å². The highest BCUT2D eigenvalue weighted by atomic mass is 16.4. The number of aryl methyl sites for hydroxylation is 1. The molecule has 4 rings (SSSR count). The smallest absolute Gasteiger partial charge is 0.335 e. The Kier molecular flexibility index (Phi) is 4.60. The monoisotopic (exact) mass is 386 g/mol. The molecule has 0 fully saturated rings. The summed E-state index contributed by atoms with van der Waals surface area (Å²) in [7, 11) is 0. The van der Waals surface area contributed by atoms with Crippen molar-refractivity contribution in [3.05, 3.63) is 83.1 Å². The molecule has 3 aromatic rings. The van der Waals surface area contributed by atoms with Crippen molar-refractivity contribution in [3.63, 3.8) is 0 Å². The Bertz CT molecular complexity index is 1150. The van der Waals surface area contributed by atoms with E-state index >= 15 is 0 Å². The van der Waals surface area contributed by atoms with Crippen LogP contribution in [0.5, 0.6) is 0 Å². The predicted octanol–water partition coefficient (Wildman–Crippen LogP) is 4.76. The number of amides is 1. The molecule has 2 heterocycles. The van der Waals surface area contributed by atoms with E-state index in [4.69, 9.17) is 9.52 Å². The van der Waals surface area contributed by atoms with E-state index in [1.54, 1.807) is 37.3 Å². The van der Waals surface area contributed by atoms with E-state index in [1.165, 1.54) is 17.1 Å². The van der Waals surface area contributed by atoms with Crippen LogP contribution >= 0.6 is 0 Å². The van der Waals surface area contributed by atoms with Crippen molar-refractivity contribution < 1.29 is 19.1 Å². The fourth-order valence-corrected chi connectivity index (χ4v) is 3.05. The Morgan fingerprint density at radius 2 is 1.69 bits per heavy atom. The molecule has 1 amide bonds. The molecule has 6 nitrogen and oxygen atoms in total. The van der Waals surface area contributed by atoms with Crippen LogP contribution in [0.4, 0.5) is 5.69 Å². The van der Waals surface area contributed by atoms with Gasteiger partial charge in [0.1, 0.15) is 11.5 Å². The minimum absolute atomic E-state index is 0.210. The van der Waals surface area contributed by atoms with Gasteiger partial charge in [0.15, 0.2) is 0 Å². The number of anilines is 1. The number of carboxylic acids is 1. The highest BCUT2D eigenvalue weighted by molar-refractivity contribution is 6.32. The molecule has 144 valence electrons. The Morgan fingerprint density at radius 3 is 2.34 bits per heavy atom. The average molecular weight is 386 g/mol. The molecule has 0 aliphatic carbocycles. The van der Waals surface area contributed by atoms with Gasteiger partial charge < -0.3 is 9.52 Å².